The number of esters is 1. The summed E-state index contributed by atoms with van der Waals surface area (Å²) in [5.74, 6) is -0.817. The molecule has 1 fully saturated rings. The van der Waals surface area contributed by atoms with Gasteiger partial charge in [-0.25, -0.2) is 0 Å². The van der Waals surface area contributed by atoms with E-state index in [9.17, 15) is 9.59 Å². The van der Waals surface area contributed by atoms with Gasteiger partial charge in [0.2, 0.25) is 0 Å². The van der Waals surface area contributed by atoms with Crippen LogP contribution < -0.4 is 0 Å². The Morgan fingerprint density at radius 2 is 2.05 bits per heavy atom. The normalized spacial score (nSPS) is 22.2. The maximum absolute atomic E-state index is 12.5. The molecule has 0 N–H and O–H groups in total. The molecule has 3 nitrogen and oxygen atoms in total. The summed E-state index contributed by atoms with van der Waals surface area (Å²) in [6.45, 7) is 2.13. The van der Waals surface area contributed by atoms with Crippen molar-refractivity contribution in [1.29, 1.82) is 0 Å². The highest BCUT2D eigenvalue weighted by Crippen LogP contribution is 2.35. The first kappa shape index (κ1) is 14.1. The van der Waals surface area contributed by atoms with Crippen LogP contribution in [-0.2, 0) is 9.53 Å². The van der Waals surface area contributed by atoms with Gasteiger partial charge in [-0.2, -0.15) is 0 Å². The molecule has 1 aromatic rings. The number of ketones is 1. The van der Waals surface area contributed by atoms with E-state index in [2.05, 4.69) is 0 Å². The molecule has 0 saturated heterocycles. The van der Waals surface area contributed by atoms with Crippen LogP contribution in [0.4, 0.5) is 0 Å². The van der Waals surface area contributed by atoms with Crippen molar-refractivity contribution in [3.8, 4) is 0 Å². The van der Waals surface area contributed by atoms with Crippen LogP contribution >= 0.6 is 11.6 Å². The Morgan fingerprint density at radius 3 is 2.74 bits per heavy atom. The number of hydrogen-bond donors (Lipinski definition) is 0. The van der Waals surface area contributed by atoms with E-state index >= 15 is 0 Å². The van der Waals surface area contributed by atoms with E-state index in [1.54, 1.807) is 31.2 Å². The third kappa shape index (κ3) is 3.16. The quantitative estimate of drug-likeness (QED) is 0.626. The number of benzene rings is 1. The second kappa shape index (κ2) is 6.20. The van der Waals surface area contributed by atoms with Gasteiger partial charge < -0.3 is 4.74 Å². The fourth-order valence-electron chi connectivity index (χ4n) is 2.66. The predicted molar refractivity (Wildman–Crippen MR) is 73.2 cm³/mol. The number of ether oxygens (including phenoxy) is 1. The average molecular weight is 281 g/mol. The summed E-state index contributed by atoms with van der Waals surface area (Å²) >= 11 is 5.90. The van der Waals surface area contributed by atoms with Crippen LogP contribution in [0.1, 0.15) is 36.5 Å². The van der Waals surface area contributed by atoms with Gasteiger partial charge in [-0.3, -0.25) is 9.59 Å². The molecule has 1 aliphatic rings. The minimum atomic E-state index is -0.300. The third-order valence-electron chi connectivity index (χ3n) is 3.55. The van der Waals surface area contributed by atoms with Gasteiger partial charge in [0, 0.05) is 16.5 Å². The van der Waals surface area contributed by atoms with E-state index in [1.807, 2.05) is 0 Å². The fourth-order valence-corrected chi connectivity index (χ4v) is 2.85. The molecule has 2 atom stereocenters. The molecule has 0 aromatic heterocycles. The summed E-state index contributed by atoms with van der Waals surface area (Å²) < 4.78 is 5.05. The molecule has 1 saturated carbocycles. The summed E-state index contributed by atoms with van der Waals surface area (Å²) in [5.41, 5.74) is 0.577. The summed E-state index contributed by atoms with van der Waals surface area (Å²) in [6, 6.07) is 6.89. The minimum Gasteiger partial charge on any atom is -0.466 e. The molecule has 1 aromatic carbocycles. The maximum atomic E-state index is 12.5. The zero-order valence-corrected chi connectivity index (χ0v) is 11.7. The first-order chi connectivity index (χ1) is 9.13. The lowest BCUT2D eigenvalue weighted by Crippen LogP contribution is -2.27. The van der Waals surface area contributed by atoms with Crippen molar-refractivity contribution < 1.29 is 14.3 Å². The molecule has 0 bridgehead atoms. The highest BCUT2D eigenvalue weighted by molar-refractivity contribution is 6.31. The number of carbonyl (C=O) groups is 2. The second-order valence-electron chi connectivity index (χ2n) is 4.77. The lowest BCUT2D eigenvalue weighted by molar-refractivity contribution is -0.148. The summed E-state index contributed by atoms with van der Waals surface area (Å²) in [5, 5.41) is 0.538. The molecular weight excluding hydrogens is 264 g/mol. The second-order valence-corrected chi connectivity index (χ2v) is 5.21. The van der Waals surface area contributed by atoms with Crippen LogP contribution in [0.5, 0.6) is 0 Å². The van der Waals surface area contributed by atoms with Gasteiger partial charge in [-0.1, -0.05) is 30.2 Å². The van der Waals surface area contributed by atoms with E-state index in [4.69, 9.17) is 16.3 Å². The van der Waals surface area contributed by atoms with Crippen molar-refractivity contribution in [2.24, 2.45) is 11.8 Å². The maximum Gasteiger partial charge on any atom is 0.309 e. The van der Waals surface area contributed by atoms with E-state index in [-0.39, 0.29) is 23.6 Å². The fraction of sp³-hybridized carbons (Fsp3) is 0.467. The summed E-state index contributed by atoms with van der Waals surface area (Å²) in [6.07, 6.45) is 2.37. The van der Waals surface area contributed by atoms with Gasteiger partial charge >= 0.3 is 5.97 Å². The standard InChI is InChI=1S/C15H17ClO3/c1-2-19-15(18)13-8-4-7-12(13)14(17)10-5-3-6-11(16)9-10/h3,5-6,9,12-13H,2,4,7-8H2,1H3/t12-,13+/m1/s1. The zero-order valence-electron chi connectivity index (χ0n) is 10.9. The van der Waals surface area contributed by atoms with Crippen molar-refractivity contribution in [2.75, 3.05) is 6.61 Å². The van der Waals surface area contributed by atoms with Crippen LogP contribution in [0.3, 0.4) is 0 Å². The van der Waals surface area contributed by atoms with Crippen LogP contribution in [0.25, 0.3) is 0 Å². The predicted octanol–water partition coefficient (Wildman–Crippen LogP) is 3.50. The lowest BCUT2D eigenvalue weighted by Gasteiger charge is -2.17. The van der Waals surface area contributed by atoms with E-state index < -0.39 is 0 Å². The number of hydrogen-bond acceptors (Lipinski definition) is 3. The molecule has 0 spiro atoms. The van der Waals surface area contributed by atoms with E-state index in [1.165, 1.54) is 0 Å². The van der Waals surface area contributed by atoms with E-state index in [0.717, 1.165) is 19.3 Å². The summed E-state index contributed by atoms with van der Waals surface area (Å²) in [7, 11) is 0. The molecule has 0 unspecified atom stereocenters. The molecule has 102 valence electrons. The molecule has 0 heterocycles. The third-order valence-corrected chi connectivity index (χ3v) is 3.79. The Morgan fingerprint density at radius 1 is 1.32 bits per heavy atom. The van der Waals surface area contributed by atoms with Crippen LogP contribution in [0.15, 0.2) is 24.3 Å². The number of halogens is 1. The zero-order chi connectivity index (χ0) is 13.8. The monoisotopic (exact) mass is 280 g/mol. The van der Waals surface area contributed by atoms with Crippen molar-refractivity contribution in [3.05, 3.63) is 34.9 Å². The first-order valence-electron chi connectivity index (χ1n) is 6.60. The van der Waals surface area contributed by atoms with Crippen molar-refractivity contribution in [1.82, 2.24) is 0 Å². The van der Waals surface area contributed by atoms with Gasteiger partial charge in [0.15, 0.2) is 5.78 Å². The Balaban J connectivity index is 2.16. The smallest absolute Gasteiger partial charge is 0.309 e. The molecule has 0 aliphatic heterocycles. The Hall–Kier alpha value is -1.35. The van der Waals surface area contributed by atoms with E-state index in [0.29, 0.717) is 17.2 Å². The highest BCUT2D eigenvalue weighted by Gasteiger charge is 2.38. The molecule has 0 amide bonds. The molecule has 19 heavy (non-hydrogen) atoms. The summed E-state index contributed by atoms with van der Waals surface area (Å²) in [4.78, 5) is 24.3. The molecule has 2 rings (SSSR count). The van der Waals surface area contributed by atoms with Gasteiger partial charge in [0.25, 0.3) is 0 Å². The molecule has 0 radical (unpaired) electrons. The van der Waals surface area contributed by atoms with Crippen LogP contribution in [0, 0.1) is 11.8 Å². The van der Waals surface area contributed by atoms with Gasteiger partial charge in [0.1, 0.15) is 0 Å². The number of rotatable bonds is 4. The van der Waals surface area contributed by atoms with Crippen molar-refractivity contribution in [2.45, 2.75) is 26.2 Å². The molecule has 1 aliphatic carbocycles. The minimum absolute atomic E-state index is 0.00180. The van der Waals surface area contributed by atoms with Crippen molar-refractivity contribution >= 4 is 23.4 Å². The van der Waals surface area contributed by atoms with Gasteiger partial charge in [-0.05, 0) is 31.9 Å². The lowest BCUT2D eigenvalue weighted by atomic mass is 9.88. The van der Waals surface area contributed by atoms with Crippen molar-refractivity contribution in [3.63, 3.8) is 0 Å². The largest absolute Gasteiger partial charge is 0.466 e. The van der Waals surface area contributed by atoms with Crippen LogP contribution in [0.2, 0.25) is 5.02 Å². The first-order valence-corrected chi connectivity index (χ1v) is 6.97. The van der Waals surface area contributed by atoms with Gasteiger partial charge in [-0.15, -0.1) is 0 Å². The Labute approximate surface area is 117 Å². The number of Topliss-reactive ketones (excluding diaryl/α,β-unsaturated/α-hetero) is 1. The highest BCUT2D eigenvalue weighted by atomic mass is 35.5. The Bertz CT molecular complexity index is 484. The molecule has 4 heteroatoms. The SMILES string of the molecule is CCOC(=O)[C@H]1CCC[C@H]1C(=O)c1cccc(Cl)c1. The average Bonchev–Trinajstić information content (AvgIpc) is 2.87. The van der Waals surface area contributed by atoms with Crippen LogP contribution in [-0.4, -0.2) is 18.4 Å². The molecular formula is C15H17ClO3. The Kier molecular flexibility index (Phi) is 4.59. The number of carbonyl (C=O) groups excluding carboxylic acids is 2. The van der Waals surface area contributed by atoms with Gasteiger partial charge in [0.05, 0.1) is 12.5 Å². The topological polar surface area (TPSA) is 43.4 Å².